The minimum absolute atomic E-state index is 0.272. The molecule has 1 aromatic carbocycles. The lowest BCUT2D eigenvalue weighted by Gasteiger charge is -2.39. The molecule has 0 fully saturated rings. The van der Waals surface area contributed by atoms with Gasteiger partial charge in [-0.15, -0.1) is 0 Å². The first-order chi connectivity index (χ1) is 10.6. The minimum Gasteiger partial charge on any atom is -0.384 e. The summed E-state index contributed by atoms with van der Waals surface area (Å²) < 4.78 is 0. The van der Waals surface area contributed by atoms with Crippen LogP contribution in [-0.4, -0.2) is 23.7 Å². The van der Waals surface area contributed by atoms with Crippen LogP contribution < -0.4 is 4.90 Å². The second-order valence-electron chi connectivity index (χ2n) is 8.07. The Labute approximate surface area is 142 Å². The molecule has 0 heterocycles. The molecule has 0 saturated carbocycles. The number of rotatable bonds is 5. The Balaban J connectivity index is 2.92. The summed E-state index contributed by atoms with van der Waals surface area (Å²) in [4.78, 5) is 1.48. The summed E-state index contributed by atoms with van der Waals surface area (Å²) in [6, 6.07) is 11.0. The summed E-state index contributed by atoms with van der Waals surface area (Å²) in [5.74, 6) is 6.55. The monoisotopic (exact) mass is 316 g/mol. The lowest BCUT2D eigenvalue weighted by atomic mass is 9.70. The Kier molecular flexibility index (Phi) is 6.86. The van der Waals surface area contributed by atoms with Gasteiger partial charge in [0.1, 0.15) is 12.1 Å². The Morgan fingerprint density at radius 3 is 1.91 bits per heavy atom. The van der Waals surface area contributed by atoms with Crippen LogP contribution in [0.25, 0.3) is 0 Å². The van der Waals surface area contributed by atoms with Gasteiger partial charge in [0.25, 0.3) is 0 Å². The zero-order valence-electron chi connectivity index (χ0n) is 15.9. The Hall–Kier alpha value is -1.30. The SMILES string of the molecule is CC(C)[NH+](CC#CC[C@@](O)(c1ccccc1)C(C)(C)C)C(C)C. The van der Waals surface area contributed by atoms with Crippen molar-refractivity contribution in [3.63, 3.8) is 0 Å². The molecule has 2 heteroatoms. The molecule has 0 aromatic heterocycles. The van der Waals surface area contributed by atoms with Crippen molar-refractivity contribution in [2.45, 2.75) is 72.6 Å². The average Bonchev–Trinajstić information content (AvgIpc) is 2.45. The van der Waals surface area contributed by atoms with Gasteiger partial charge in [0.15, 0.2) is 0 Å². The van der Waals surface area contributed by atoms with Crippen LogP contribution in [0.4, 0.5) is 0 Å². The molecule has 0 aliphatic rings. The molecule has 1 rings (SSSR count). The number of nitrogens with one attached hydrogen (secondary N) is 1. The summed E-state index contributed by atoms with van der Waals surface area (Å²) in [7, 11) is 0. The molecule has 0 saturated heterocycles. The van der Waals surface area contributed by atoms with Gasteiger partial charge in [-0.1, -0.05) is 57.0 Å². The second-order valence-corrected chi connectivity index (χ2v) is 8.07. The van der Waals surface area contributed by atoms with Crippen LogP contribution in [0.5, 0.6) is 0 Å². The van der Waals surface area contributed by atoms with E-state index in [0.717, 1.165) is 12.1 Å². The van der Waals surface area contributed by atoms with E-state index in [1.807, 2.05) is 30.3 Å². The summed E-state index contributed by atoms with van der Waals surface area (Å²) >= 11 is 0. The number of quaternary nitrogens is 1. The standard InChI is InChI=1S/C21H33NO/c1-17(2)22(18(3)4)16-12-11-15-21(23,20(5,6)7)19-13-9-8-10-14-19/h8-10,13-14,17-18,23H,15-16H2,1-7H3/p+1/t21-/m1/s1. The Bertz CT molecular complexity index is 522. The maximum absolute atomic E-state index is 11.3. The van der Waals surface area contributed by atoms with Crippen molar-refractivity contribution >= 4 is 0 Å². The molecule has 0 radical (unpaired) electrons. The molecule has 1 atom stereocenters. The van der Waals surface area contributed by atoms with Crippen molar-refractivity contribution in [1.82, 2.24) is 0 Å². The van der Waals surface area contributed by atoms with E-state index in [1.54, 1.807) is 0 Å². The molecular weight excluding hydrogens is 282 g/mol. The summed E-state index contributed by atoms with van der Waals surface area (Å²) in [5.41, 5.74) is -0.262. The minimum atomic E-state index is -0.933. The van der Waals surface area contributed by atoms with Crippen molar-refractivity contribution in [3.05, 3.63) is 35.9 Å². The van der Waals surface area contributed by atoms with Crippen molar-refractivity contribution in [2.24, 2.45) is 5.41 Å². The first kappa shape index (κ1) is 19.7. The predicted octanol–water partition coefficient (Wildman–Crippen LogP) is 3.02. The van der Waals surface area contributed by atoms with E-state index in [4.69, 9.17) is 0 Å². The number of benzene rings is 1. The molecule has 0 aliphatic carbocycles. The van der Waals surface area contributed by atoms with Crippen LogP contribution >= 0.6 is 0 Å². The van der Waals surface area contributed by atoms with Crippen LogP contribution in [0.3, 0.4) is 0 Å². The predicted molar refractivity (Wildman–Crippen MR) is 98.3 cm³/mol. The Morgan fingerprint density at radius 2 is 1.48 bits per heavy atom. The summed E-state index contributed by atoms with van der Waals surface area (Å²) in [6.45, 7) is 16.0. The molecule has 2 N–H and O–H groups in total. The third kappa shape index (κ3) is 5.09. The van der Waals surface area contributed by atoms with E-state index in [-0.39, 0.29) is 5.41 Å². The molecule has 1 aromatic rings. The van der Waals surface area contributed by atoms with E-state index < -0.39 is 5.60 Å². The number of aliphatic hydroxyl groups is 1. The van der Waals surface area contributed by atoms with Crippen LogP contribution in [0.2, 0.25) is 0 Å². The zero-order chi connectivity index (χ0) is 17.7. The Morgan fingerprint density at radius 1 is 0.957 bits per heavy atom. The number of hydrogen-bond acceptors (Lipinski definition) is 1. The van der Waals surface area contributed by atoms with Crippen molar-refractivity contribution in [3.8, 4) is 11.8 Å². The van der Waals surface area contributed by atoms with E-state index >= 15 is 0 Å². The molecular formula is C21H34NO+. The highest BCUT2D eigenvalue weighted by molar-refractivity contribution is 5.27. The third-order valence-corrected chi connectivity index (χ3v) is 4.74. The van der Waals surface area contributed by atoms with E-state index in [2.05, 4.69) is 60.3 Å². The average molecular weight is 317 g/mol. The quantitative estimate of drug-likeness (QED) is 0.802. The molecule has 0 aliphatic heterocycles. The maximum atomic E-state index is 11.3. The van der Waals surface area contributed by atoms with E-state index in [0.29, 0.717) is 18.5 Å². The van der Waals surface area contributed by atoms with Gasteiger partial charge in [0, 0.05) is 6.42 Å². The second kappa shape index (κ2) is 7.99. The molecule has 23 heavy (non-hydrogen) atoms. The first-order valence-corrected chi connectivity index (χ1v) is 8.69. The molecule has 0 bridgehead atoms. The van der Waals surface area contributed by atoms with E-state index in [9.17, 15) is 5.11 Å². The highest BCUT2D eigenvalue weighted by Crippen LogP contribution is 2.41. The van der Waals surface area contributed by atoms with Crippen LogP contribution in [0.15, 0.2) is 30.3 Å². The van der Waals surface area contributed by atoms with Gasteiger partial charge >= 0.3 is 0 Å². The number of hydrogen-bond donors (Lipinski definition) is 2. The topological polar surface area (TPSA) is 24.7 Å². The van der Waals surface area contributed by atoms with Gasteiger partial charge in [0.05, 0.1) is 12.1 Å². The molecule has 0 unspecified atom stereocenters. The fourth-order valence-electron chi connectivity index (χ4n) is 2.94. The normalized spacial score (nSPS) is 14.7. The van der Waals surface area contributed by atoms with Gasteiger partial charge < -0.3 is 10.0 Å². The van der Waals surface area contributed by atoms with Crippen LogP contribution in [0, 0.1) is 17.3 Å². The zero-order valence-corrected chi connectivity index (χ0v) is 15.9. The van der Waals surface area contributed by atoms with Crippen LogP contribution in [-0.2, 0) is 5.60 Å². The fraction of sp³-hybridized carbons (Fsp3) is 0.619. The smallest absolute Gasteiger partial charge is 0.139 e. The van der Waals surface area contributed by atoms with Gasteiger partial charge in [-0.3, -0.25) is 0 Å². The third-order valence-electron chi connectivity index (χ3n) is 4.74. The molecule has 0 spiro atoms. The van der Waals surface area contributed by atoms with Gasteiger partial charge in [0.2, 0.25) is 0 Å². The van der Waals surface area contributed by atoms with Gasteiger partial charge in [-0.2, -0.15) is 0 Å². The highest BCUT2D eigenvalue weighted by atomic mass is 16.3. The maximum Gasteiger partial charge on any atom is 0.139 e. The van der Waals surface area contributed by atoms with Gasteiger partial charge in [-0.25, -0.2) is 0 Å². The largest absolute Gasteiger partial charge is 0.384 e. The lowest BCUT2D eigenvalue weighted by molar-refractivity contribution is -0.935. The van der Waals surface area contributed by atoms with E-state index in [1.165, 1.54) is 4.90 Å². The van der Waals surface area contributed by atoms with Crippen molar-refractivity contribution < 1.29 is 10.0 Å². The van der Waals surface area contributed by atoms with Gasteiger partial charge in [-0.05, 0) is 44.6 Å². The summed E-state index contributed by atoms with van der Waals surface area (Å²) in [6.07, 6.45) is 0.462. The van der Waals surface area contributed by atoms with Crippen molar-refractivity contribution in [1.29, 1.82) is 0 Å². The molecule has 2 nitrogen and oxygen atoms in total. The van der Waals surface area contributed by atoms with Crippen LogP contribution in [0.1, 0.15) is 60.5 Å². The highest BCUT2D eigenvalue weighted by Gasteiger charge is 2.40. The first-order valence-electron chi connectivity index (χ1n) is 8.69. The molecule has 128 valence electrons. The van der Waals surface area contributed by atoms with Crippen molar-refractivity contribution in [2.75, 3.05) is 6.54 Å². The lowest BCUT2D eigenvalue weighted by Crippen LogP contribution is -3.17. The summed E-state index contributed by atoms with van der Waals surface area (Å²) in [5, 5.41) is 11.3. The fourth-order valence-corrected chi connectivity index (χ4v) is 2.94. The molecule has 0 amide bonds.